The van der Waals surface area contributed by atoms with Crippen LogP contribution in [-0.2, 0) is 11.3 Å². The molecule has 130 valence electrons. The van der Waals surface area contributed by atoms with Crippen molar-refractivity contribution in [3.05, 3.63) is 58.1 Å². The number of amides is 1. The molecule has 3 rings (SSSR count). The third kappa shape index (κ3) is 4.00. The van der Waals surface area contributed by atoms with Gasteiger partial charge in [0.05, 0.1) is 23.5 Å². The van der Waals surface area contributed by atoms with Gasteiger partial charge >= 0.3 is 0 Å². The van der Waals surface area contributed by atoms with Crippen molar-refractivity contribution >= 4 is 35.1 Å². The van der Waals surface area contributed by atoms with Crippen molar-refractivity contribution < 1.29 is 4.79 Å². The first-order chi connectivity index (χ1) is 11.9. The number of rotatable bonds is 5. The monoisotopic (exact) mass is 378 g/mol. The lowest BCUT2D eigenvalue weighted by molar-refractivity contribution is -0.119. The van der Waals surface area contributed by atoms with E-state index in [1.165, 1.54) is 6.20 Å². The van der Waals surface area contributed by atoms with Crippen LogP contribution in [0.25, 0.3) is 0 Å². The predicted molar refractivity (Wildman–Crippen MR) is 95.9 cm³/mol. The van der Waals surface area contributed by atoms with E-state index in [2.05, 4.69) is 20.5 Å². The number of aromatic nitrogens is 5. The number of nitrogens with one attached hydrogen (secondary N) is 1. The zero-order chi connectivity index (χ0) is 18.0. The van der Waals surface area contributed by atoms with Gasteiger partial charge in [-0.3, -0.25) is 14.8 Å². The van der Waals surface area contributed by atoms with E-state index in [0.717, 1.165) is 11.3 Å². The number of carbonyl (C=O) groups excluding carboxylic acids is 1. The molecule has 0 aliphatic rings. The minimum absolute atomic E-state index is 0.231. The number of nitrogens with zero attached hydrogens (tertiary/aromatic N) is 5. The summed E-state index contributed by atoms with van der Waals surface area (Å²) in [6.45, 7) is 4.04. The molecule has 0 radical (unpaired) electrons. The van der Waals surface area contributed by atoms with E-state index in [9.17, 15) is 4.79 Å². The van der Waals surface area contributed by atoms with E-state index in [1.807, 2.05) is 24.3 Å². The quantitative estimate of drug-likeness (QED) is 0.738. The van der Waals surface area contributed by atoms with Crippen LogP contribution in [0.1, 0.15) is 24.2 Å². The van der Waals surface area contributed by atoms with Crippen molar-refractivity contribution in [1.82, 2.24) is 24.5 Å². The van der Waals surface area contributed by atoms with Gasteiger partial charge < -0.3 is 0 Å². The summed E-state index contributed by atoms with van der Waals surface area (Å²) in [5, 5.41) is 12.2. The zero-order valence-electron chi connectivity index (χ0n) is 13.6. The van der Waals surface area contributed by atoms with Crippen molar-refractivity contribution in [3.8, 4) is 0 Å². The molecule has 1 amide bonds. The van der Waals surface area contributed by atoms with Gasteiger partial charge in [0.15, 0.2) is 0 Å². The van der Waals surface area contributed by atoms with E-state index >= 15 is 0 Å². The number of carbonyl (C=O) groups is 1. The fourth-order valence-electron chi connectivity index (χ4n) is 2.37. The molecule has 9 heteroatoms. The minimum atomic E-state index is -0.535. The SMILES string of the molecule is Cc1c(Cl)cnn1C(C)C(=O)Nc1ncn(Cc2cccc(Cl)c2)n1. The summed E-state index contributed by atoms with van der Waals surface area (Å²) < 4.78 is 3.18. The van der Waals surface area contributed by atoms with Crippen LogP contribution in [0.15, 0.2) is 36.8 Å². The number of hydrogen-bond acceptors (Lipinski definition) is 4. The Bertz CT molecular complexity index is 904. The van der Waals surface area contributed by atoms with Crippen LogP contribution in [0.4, 0.5) is 5.95 Å². The molecular weight excluding hydrogens is 363 g/mol. The minimum Gasteiger partial charge on any atom is -0.291 e. The Labute approximate surface area is 154 Å². The second-order valence-electron chi connectivity index (χ2n) is 5.58. The van der Waals surface area contributed by atoms with E-state index in [-0.39, 0.29) is 11.9 Å². The predicted octanol–water partition coefficient (Wildman–Crippen LogP) is 3.34. The lowest BCUT2D eigenvalue weighted by atomic mass is 10.2. The van der Waals surface area contributed by atoms with Gasteiger partial charge in [-0.05, 0) is 31.5 Å². The zero-order valence-corrected chi connectivity index (χ0v) is 15.2. The molecule has 7 nitrogen and oxygen atoms in total. The Morgan fingerprint density at radius 2 is 2.16 bits per heavy atom. The first kappa shape index (κ1) is 17.4. The first-order valence-corrected chi connectivity index (χ1v) is 8.34. The average Bonchev–Trinajstić information content (AvgIpc) is 3.14. The Kier molecular flexibility index (Phi) is 5.06. The van der Waals surface area contributed by atoms with Gasteiger partial charge in [-0.2, -0.15) is 5.10 Å². The highest BCUT2D eigenvalue weighted by Crippen LogP contribution is 2.18. The molecular formula is C16H16Cl2N6O. The standard InChI is InChI=1S/C16H16Cl2N6O/c1-10-14(18)7-20-24(10)11(2)15(25)21-16-19-9-23(22-16)8-12-4-3-5-13(17)6-12/h3-7,9,11H,8H2,1-2H3,(H,21,22,25). The Hall–Kier alpha value is -2.38. The van der Waals surface area contributed by atoms with Crippen LogP contribution in [0.5, 0.6) is 0 Å². The number of hydrogen-bond donors (Lipinski definition) is 1. The highest BCUT2D eigenvalue weighted by molar-refractivity contribution is 6.31. The highest BCUT2D eigenvalue weighted by Gasteiger charge is 2.20. The maximum atomic E-state index is 12.4. The van der Waals surface area contributed by atoms with Crippen molar-refractivity contribution in [2.45, 2.75) is 26.4 Å². The van der Waals surface area contributed by atoms with E-state index in [1.54, 1.807) is 29.5 Å². The molecule has 0 saturated heterocycles. The molecule has 0 bridgehead atoms. The summed E-state index contributed by atoms with van der Waals surface area (Å²) in [4.78, 5) is 16.5. The van der Waals surface area contributed by atoms with Crippen LogP contribution >= 0.6 is 23.2 Å². The molecule has 0 fully saturated rings. The average molecular weight is 379 g/mol. The van der Waals surface area contributed by atoms with Crippen LogP contribution in [0, 0.1) is 6.92 Å². The van der Waals surface area contributed by atoms with Gasteiger partial charge in [0.25, 0.3) is 5.91 Å². The van der Waals surface area contributed by atoms with Gasteiger partial charge in [0.1, 0.15) is 12.4 Å². The van der Waals surface area contributed by atoms with Crippen LogP contribution in [0.3, 0.4) is 0 Å². The van der Waals surface area contributed by atoms with Crippen molar-refractivity contribution in [1.29, 1.82) is 0 Å². The fraction of sp³-hybridized carbons (Fsp3) is 0.250. The Balaban J connectivity index is 1.66. The summed E-state index contributed by atoms with van der Waals surface area (Å²) in [7, 11) is 0. The summed E-state index contributed by atoms with van der Waals surface area (Å²) in [5.74, 6) is -0.0434. The topological polar surface area (TPSA) is 77.6 Å². The van der Waals surface area contributed by atoms with E-state index in [0.29, 0.717) is 16.6 Å². The summed E-state index contributed by atoms with van der Waals surface area (Å²) in [6.07, 6.45) is 3.07. The highest BCUT2D eigenvalue weighted by atomic mass is 35.5. The lowest BCUT2D eigenvalue weighted by Crippen LogP contribution is -2.25. The maximum absolute atomic E-state index is 12.4. The van der Waals surface area contributed by atoms with E-state index in [4.69, 9.17) is 23.2 Å². The lowest BCUT2D eigenvalue weighted by Gasteiger charge is -2.12. The summed E-state index contributed by atoms with van der Waals surface area (Å²) >= 11 is 12.0. The largest absolute Gasteiger partial charge is 0.291 e. The molecule has 25 heavy (non-hydrogen) atoms. The van der Waals surface area contributed by atoms with E-state index < -0.39 is 6.04 Å². The molecule has 3 aromatic rings. The molecule has 0 aliphatic heterocycles. The Morgan fingerprint density at radius 3 is 2.84 bits per heavy atom. The van der Waals surface area contributed by atoms with Crippen LogP contribution < -0.4 is 5.32 Å². The fourth-order valence-corrected chi connectivity index (χ4v) is 2.71. The van der Waals surface area contributed by atoms with Gasteiger partial charge in [0.2, 0.25) is 5.95 Å². The molecule has 1 aromatic carbocycles. The summed E-state index contributed by atoms with van der Waals surface area (Å²) in [5.41, 5.74) is 1.72. The number of anilines is 1. The number of benzene rings is 1. The molecule has 0 spiro atoms. The second-order valence-corrected chi connectivity index (χ2v) is 6.43. The smallest absolute Gasteiger partial charge is 0.251 e. The maximum Gasteiger partial charge on any atom is 0.251 e. The van der Waals surface area contributed by atoms with Gasteiger partial charge in [0, 0.05) is 5.02 Å². The van der Waals surface area contributed by atoms with Crippen molar-refractivity contribution in [2.75, 3.05) is 5.32 Å². The molecule has 2 aromatic heterocycles. The van der Waals surface area contributed by atoms with Crippen molar-refractivity contribution in [3.63, 3.8) is 0 Å². The normalized spacial score (nSPS) is 12.2. The molecule has 0 aliphatic carbocycles. The van der Waals surface area contributed by atoms with Crippen molar-refractivity contribution in [2.24, 2.45) is 0 Å². The number of halogens is 2. The van der Waals surface area contributed by atoms with Gasteiger partial charge in [-0.15, -0.1) is 5.10 Å². The molecule has 0 saturated carbocycles. The van der Waals surface area contributed by atoms with Crippen LogP contribution in [-0.4, -0.2) is 30.5 Å². The molecule has 1 atom stereocenters. The Morgan fingerprint density at radius 1 is 1.36 bits per heavy atom. The van der Waals surface area contributed by atoms with Gasteiger partial charge in [-0.25, -0.2) is 9.67 Å². The molecule has 1 N–H and O–H groups in total. The summed E-state index contributed by atoms with van der Waals surface area (Å²) in [6, 6.07) is 6.94. The molecule has 1 unspecified atom stereocenters. The third-order valence-electron chi connectivity index (χ3n) is 3.74. The van der Waals surface area contributed by atoms with Crippen LogP contribution in [0.2, 0.25) is 10.0 Å². The first-order valence-electron chi connectivity index (χ1n) is 7.58. The third-order valence-corrected chi connectivity index (χ3v) is 4.34. The molecule has 2 heterocycles. The van der Waals surface area contributed by atoms with Gasteiger partial charge in [-0.1, -0.05) is 35.3 Å². The second kappa shape index (κ2) is 7.25.